The molecule has 0 saturated heterocycles. The van der Waals surface area contributed by atoms with E-state index in [9.17, 15) is 0 Å². The summed E-state index contributed by atoms with van der Waals surface area (Å²) in [6, 6.07) is 12.2. The minimum Gasteiger partial charge on any atom is -0.306 e. The van der Waals surface area contributed by atoms with Crippen LogP contribution >= 0.6 is 0 Å². The topological polar surface area (TPSA) is 43.1 Å². The summed E-state index contributed by atoms with van der Waals surface area (Å²) in [5.41, 5.74) is 3.00. The van der Waals surface area contributed by atoms with Crippen LogP contribution in [0.1, 0.15) is 0 Å². The molecule has 4 rings (SSSR count). The predicted octanol–water partition coefficient (Wildman–Crippen LogP) is 2.94. The molecule has 4 heteroatoms. The molecular weight excluding hydrogens is 236 g/mol. The molecule has 0 aliphatic rings. The average Bonchev–Trinajstić information content (AvgIpc) is 2.90. The zero-order valence-electron chi connectivity index (χ0n) is 10.1. The van der Waals surface area contributed by atoms with Crippen molar-refractivity contribution in [3.8, 4) is 11.3 Å². The Balaban J connectivity index is 1.93. The molecule has 0 unspecified atom stereocenters. The van der Waals surface area contributed by atoms with Gasteiger partial charge in [-0.1, -0.05) is 18.2 Å². The summed E-state index contributed by atoms with van der Waals surface area (Å²) in [4.78, 5) is 4.62. The zero-order valence-corrected chi connectivity index (χ0v) is 10.1. The van der Waals surface area contributed by atoms with Gasteiger partial charge in [0, 0.05) is 28.7 Å². The molecule has 90 valence electrons. The Bertz CT molecular complexity index is 846. The fourth-order valence-electron chi connectivity index (χ4n) is 2.23. The van der Waals surface area contributed by atoms with Crippen molar-refractivity contribution in [3.63, 3.8) is 0 Å². The van der Waals surface area contributed by atoms with Crippen LogP contribution in [-0.2, 0) is 0 Å². The summed E-state index contributed by atoms with van der Waals surface area (Å²) >= 11 is 0. The Kier molecular flexibility index (Phi) is 2.08. The van der Waals surface area contributed by atoms with Gasteiger partial charge in [-0.05, 0) is 18.2 Å². The summed E-state index contributed by atoms with van der Waals surface area (Å²) in [5.74, 6) is 0. The molecule has 1 aromatic carbocycles. The van der Waals surface area contributed by atoms with Crippen LogP contribution < -0.4 is 0 Å². The average molecular weight is 246 g/mol. The largest absolute Gasteiger partial charge is 0.306 e. The highest BCUT2D eigenvalue weighted by molar-refractivity contribution is 5.85. The smallest absolute Gasteiger partial charge is 0.137 e. The van der Waals surface area contributed by atoms with E-state index in [-0.39, 0.29) is 0 Å². The van der Waals surface area contributed by atoms with Crippen molar-refractivity contribution in [2.45, 2.75) is 0 Å². The van der Waals surface area contributed by atoms with E-state index in [1.807, 2.05) is 41.1 Å². The van der Waals surface area contributed by atoms with E-state index in [2.05, 4.69) is 27.3 Å². The van der Waals surface area contributed by atoms with Gasteiger partial charge < -0.3 is 4.40 Å². The van der Waals surface area contributed by atoms with Crippen molar-refractivity contribution in [3.05, 3.63) is 61.2 Å². The zero-order chi connectivity index (χ0) is 12.7. The number of pyridine rings is 1. The number of hydrogen-bond acceptors (Lipinski definition) is 3. The van der Waals surface area contributed by atoms with Crippen LogP contribution in [0.5, 0.6) is 0 Å². The van der Waals surface area contributed by atoms with Crippen molar-refractivity contribution in [1.82, 2.24) is 19.6 Å². The maximum atomic E-state index is 4.62. The molecule has 0 aliphatic heterocycles. The van der Waals surface area contributed by atoms with E-state index in [4.69, 9.17) is 0 Å². The van der Waals surface area contributed by atoms with E-state index in [1.165, 1.54) is 0 Å². The number of imidazole rings is 1. The molecule has 0 spiro atoms. The maximum Gasteiger partial charge on any atom is 0.137 e. The number of nitrogens with zero attached hydrogens (tertiary/aromatic N) is 4. The number of benzene rings is 1. The monoisotopic (exact) mass is 246 g/mol. The van der Waals surface area contributed by atoms with Crippen LogP contribution in [0.3, 0.4) is 0 Å². The lowest BCUT2D eigenvalue weighted by Crippen LogP contribution is -1.82. The molecule has 19 heavy (non-hydrogen) atoms. The summed E-state index contributed by atoms with van der Waals surface area (Å²) in [5, 5.41) is 9.95. The summed E-state index contributed by atoms with van der Waals surface area (Å²) in [6.45, 7) is 0. The molecule has 0 radical (unpaired) electrons. The predicted molar refractivity (Wildman–Crippen MR) is 73.7 cm³/mol. The van der Waals surface area contributed by atoms with Gasteiger partial charge in [0.15, 0.2) is 0 Å². The van der Waals surface area contributed by atoms with Gasteiger partial charge in [0.05, 0.1) is 18.1 Å². The second kappa shape index (κ2) is 3.88. The van der Waals surface area contributed by atoms with Crippen molar-refractivity contribution in [2.75, 3.05) is 0 Å². The Morgan fingerprint density at radius 3 is 2.68 bits per heavy atom. The fraction of sp³-hybridized carbons (Fsp3) is 0. The quantitative estimate of drug-likeness (QED) is 0.518. The van der Waals surface area contributed by atoms with Crippen LogP contribution in [0.4, 0.5) is 0 Å². The summed E-state index contributed by atoms with van der Waals surface area (Å²) < 4.78 is 2.02. The number of hydrogen-bond donors (Lipinski definition) is 0. The molecule has 4 nitrogen and oxygen atoms in total. The minimum absolute atomic E-state index is 0.949. The normalized spacial score (nSPS) is 11.2. The Hall–Kier alpha value is -2.75. The molecule has 3 aromatic heterocycles. The van der Waals surface area contributed by atoms with Crippen LogP contribution in [0.15, 0.2) is 61.2 Å². The first-order valence-electron chi connectivity index (χ1n) is 6.05. The number of rotatable bonds is 1. The van der Waals surface area contributed by atoms with Crippen LogP contribution in [-0.4, -0.2) is 19.6 Å². The first kappa shape index (κ1) is 10.2. The Morgan fingerprint density at radius 1 is 0.895 bits per heavy atom. The number of fused-ring (bicyclic) bond motifs is 2. The van der Waals surface area contributed by atoms with Crippen molar-refractivity contribution in [2.24, 2.45) is 0 Å². The van der Waals surface area contributed by atoms with Crippen LogP contribution in [0.25, 0.3) is 27.7 Å². The van der Waals surface area contributed by atoms with Crippen molar-refractivity contribution >= 4 is 16.4 Å². The van der Waals surface area contributed by atoms with Gasteiger partial charge in [-0.2, -0.15) is 10.2 Å². The Morgan fingerprint density at radius 2 is 1.79 bits per heavy atom. The highest BCUT2D eigenvalue weighted by Crippen LogP contribution is 2.23. The fourth-order valence-corrected chi connectivity index (χ4v) is 2.23. The lowest BCUT2D eigenvalue weighted by molar-refractivity contribution is 1.05. The first-order chi connectivity index (χ1) is 9.40. The summed E-state index contributed by atoms with van der Waals surface area (Å²) in [6.07, 6.45) is 7.57. The first-order valence-corrected chi connectivity index (χ1v) is 6.05. The maximum absolute atomic E-state index is 4.62. The van der Waals surface area contributed by atoms with E-state index >= 15 is 0 Å². The summed E-state index contributed by atoms with van der Waals surface area (Å²) in [7, 11) is 0. The molecule has 0 atom stereocenters. The SMILES string of the molecule is c1ccn2cc(-c3ccc4cnncc4c3)nc2c1. The third-order valence-corrected chi connectivity index (χ3v) is 3.21. The third-order valence-electron chi connectivity index (χ3n) is 3.21. The van der Waals surface area contributed by atoms with Gasteiger partial charge >= 0.3 is 0 Å². The minimum atomic E-state index is 0.949. The molecule has 0 bridgehead atoms. The van der Waals surface area contributed by atoms with Crippen LogP contribution in [0.2, 0.25) is 0 Å². The molecule has 0 aliphatic carbocycles. The van der Waals surface area contributed by atoms with E-state index in [0.717, 1.165) is 27.7 Å². The molecule has 0 fully saturated rings. The van der Waals surface area contributed by atoms with Crippen molar-refractivity contribution < 1.29 is 0 Å². The van der Waals surface area contributed by atoms with Crippen LogP contribution in [0, 0.1) is 0 Å². The molecule has 0 amide bonds. The van der Waals surface area contributed by atoms with Gasteiger partial charge in [0.25, 0.3) is 0 Å². The second-order valence-electron chi connectivity index (χ2n) is 4.43. The van der Waals surface area contributed by atoms with E-state index in [1.54, 1.807) is 12.4 Å². The van der Waals surface area contributed by atoms with Crippen molar-refractivity contribution in [1.29, 1.82) is 0 Å². The van der Waals surface area contributed by atoms with E-state index in [0.29, 0.717) is 0 Å². The van der Waals surface area contributed by atoms with Gasteiger partial charge in [-0.15, -0.1) is 0 Å². The molecule has 4 aromatic rings. The number of aromatic nitrogens is 4. The third kappa shape index (κ3) is 1.65. The second-order valence-corrected chi connectivity index (χ2v) is 4.43. The van der Waals surface area contributed by atoms with Gasteiger partial charge in [0.2, 0.25) is 0 Å². The highest BCUT2D eigenvalue weighted by Gasteiger charge is 2.04. The lowest BCUT2D eigenvalue weighted by Gasteiger charge is -1.99. The Labute approximate surface area is 109 Å². The molecular formula is C15H10N4. The van der Waals surface area contributed by atoms with Gasteiger partial charge in [0.1, 0.15) is 5.65 Å². The van der Waals surface area contributed by atoms with E-state index < -0.39 is 0 Å². The van der Waals surface area contributed by atoms with Gasteiger partial charge in [-0.3, -0.25) is 0 Å². The lowest BCUT2D eigenvalue weighted by atomic mass is 10.1. The molecule has 3 heterocycles. The van der Waals surface area contributed by atoms with Gasteiger partial charge in [-0.25, -0.2) is 4.98 Å². The standard InChI is InChI=1S/C15H10N4/c1-2-6-19-10-14(18-15(19)3-1)11-4-5-12-8-16-17-9-13(12)7-11/h1-10H. The molecule has 0 saturated carbocycles. The highest BCUT2D eigenvalue weighted by atomic mass is 15.1. The molecule has 0 N–H and O–H groups in total.